The molecule has 20 heavy (non-hydrogen) atoms. The van der Waals surface area contributed by atoms with Crippen LogP contribution in [0.2, 0.25) is 0 Å². The van der Waals surface area contributed by atoms with Crippen LogP contribution in [-0.2, 0) is 6.42 Å². The summed E-state index contributed by atoms with van der Waals surface area (Å²) in [4.78, 5) is 9.07. The summed E-state index contributed by atoms with van der Waals surface area (Å²) in [5.74, 6) is 0.387. The van der Waals surface area contributed by atoms with E-state index in [-0.39, 0.29) is 0 Å². The molecule has 3 heterocycles. The molecule has 0 bridgehead atoms. The zero-order valence-electron chi connectivity index (χ0n) is 12.5. The fraction of sp³-hybridized carbons (Fsp3) is 0.688. The van der Waals surface area contributed by atoms with Crippen LogP contribution in [0.1, 0.15) is 25.5 Å². The Morgan fingerprint density at radius 3 is 2.80 bits per heavy atom. The number of piperidine rings is 1. The van der Waals surface area contributed by atoms with E-state index in [2.05, 4.69) is 40.9 Å². The fourth-order valence-corrected chi connectivity index (χ4v) is 3.61. The lowest BCUT2D eigenvalue weighted by molar-refractivity contribution is -0.128. The number of anilines is 1. The number of nitrogens with zero attached hydrogens (tertiary/aromatic N) is 3. The topological polar surface area (TPSA) is 39.6 Å². The van der Waals surface area contributed by atoms with Crippen molar-refractivity contribution in [3.63, 3.8) is 0 Å². The Hall–Kier alpha value is -1.13. The molecular weight excluding hydrogens is 250 g/mol. The Bertz CT molecular complexity index is 453. The van der Waals surface area contributed by atoms with Gasteiger partial charge >= 0.3 is 0 Å². The highest BCUT2D eigenvalue weighted by Crippen LogP contribution is 2.35. The summed E-state index contributed by atoms with van der Waals surface area (Å²) < 4.78 is 0. The van der Waals surface area contributed by atoms with Crippen LogP contribution in [0, 0.1) is 5.92 Å². The second-order valence-electron chi connectivity index (χ2n) is 6.42. The van der Waals surface area contributed by atoms with Crippen molar-refractivity contribution in [2.24, 2.45) is 5.92 Å². The van der Waals surface area contributed by atoms with E-state index in [4.69, 9.17) is 0 Å². The molecule has 0 aliphatic carbocycles. The first-order valence-corrected chi connectivity index (χ1v) is 7.71. The van der Waals surface area contributed by atoms with Crippen molar-refractivity contribution in [3.8, 4) is 0 Å². The molecule has 1 atom stereocenters. The smallest absolute Gasteiger partial charge is 0.0944 e. The number of rotatable bonds is 3. The largest absolute Gasteiger partial charge is 0.387 e. The molecule has 4 nitrogen and oxygen atoms in total. The summed E-state index contributed by atoms with van der Waals surface area (Å²) in [7, 11) is 2.07. The molecule has 1 N–H and O–H groups in total. The van der Waals surface area contributed by atoms with Gasteiger partial charge in [-0.1, -0.05) is 6.92 Å². The van der Waals surface area contributed by atoms with Crippen LogP contribution in [-0.4, -0.2) is 53.8 Å². The summed E-state index contributed by atoms with van der Waals surface area (Å²) in [5.41, 5.74) is 1.87. The maximum absolute atomic E-state index is 10.7. The standard InChI is InChI=1S/C16H25N3O/c1-3-14-6-7-15(9-17-14)19-8-4-5-13(10-19)16(20)11-18(2)12-16/h6-7,9,13,20H,3-5,8,10-12H2,1-2H3. The van der Waals surface area contributed by atoms with Gasteiger partial charge in [-0.15, -0.1) is 0 Å². The van der Waals surface area contributed by atoms with Crippen molar-refractivity contribution >= 4 is 5.69 Å². The molecule has 110 valence electrons. The van der Waals surface area contributed by atoms with Gasteiger partial charge in [0.2, 0.25) is 0 Å². The zero-order valence-corrected chi connectivity index (χ0v) is 12.5. The van der Waals surface area contributed by atoms with Crippen LogP contribution < -0.4 is 4.90 Å². The van der Waals surface area contributed by atoms with Crippen molar-refractivity contribution in [2.45, 2.75) is 31.8 Å². The number of aromatic nitrogens is 1. The quantitative estimate of drug-likeness (QED) is 0.908. The number of likely N-dealkylation sites (N-methyl/N-ethyl adjacent to an activating group) is 1. The Morgan fingerprint density at radius 1 is 1.40 bits per heavy atom. The average Bonchev–Trinajstić information content (AvgIpc) is 2.46. The zero-order chi connectivity index (χ0) is 14.2. The lowest BCUT2D eigenvalue weighted by Gasteiger charge is -2.52. The molecular formula is C16H25N3O. The molecule has 1 unspecified atom stereocenters. The van der Waals surface area contributed by atoms with Gasteiger partial charge in [0.1, 0.15) is 0 Å². The molecule has 3 rings (SSSR count). The summed E-state index contributed by atoms with van der Waals surface area (Å²) in [5, 5.41) is 10.7. The van der Waals surface area contributed by atoms with E-state index >= 15 is 0 Å². The molecule has 2 fully saturated rings. The van der Waals surface area contributed by atoms with Crippen LogP contribution in [0.5, 0.6) is 0 Å². The van der Waals surface area contributed by atoms with E-state index in [9.17, 15) is 5.11 Å². The number of β-amino-alcohol motifs (C(OH)–C–C–N with tert-alkyl or cyclic N) is 1. The van der Waals surface area contributed by atoms with Crippen molar-refractivity contribution < 1.29 is 5.11 Å². The number of hydrogen-bond donors (Lipinski definition) is 1. The number of aryl methyl sites for hydroxylation is 1. The molecule has 0 saturated carbocycles. The Balaban J connectivity index is 1.68. The fourth-order valence-electron chi connectivity index (χ4n) is 3.61. The van der Waals surface area contributed by atoms with Gasteiger partial charge in [-0.3, -0.25) is 4.98 Å². The Kier molecular flexibility index (Phi) is 3.69. The molecule has 0 radical (unpaired) electrons. The van der Waals surface area contributed by atoms with Crippen LogP contribution in [0.25, 0.3) is 0 Å². The summed E-state index contributed by atoms with van der Waals surface area (Å²) in [6, 6.07) is 4.29. The summed E-state index contributed by atoms with van der Waals surface area (Å²) >= 11 is 0. The molecule has 2 saturated heterocycles. The summed E-state index contributed by atoms with van der Waals surface area (Å²) in [6.07, 6.45) is 5.26. The van der Waals surface area contributed by atoms with E-state index in [0.717, 1.165) is 51.1 Å². The van der Waals surface area contributed by atoms with Gasteiger partial charge in [0.25, 0.3) is 0 Å². The van der Waals surface area contributed by atoms with Crippen LogP contribution in [0.4, 0.5) is 5.69 Å². The molecule has 1 aromatic rings. The number of hydrogen-bond acceptors (Lipinski definition) is 4. The maximum Gasteiger partial charge on any atom is 0.0944 e. The molecule has 0 aromatic carbocycles. The van der Waals surface area contributed by atoms with Gasteiger partial charge in [-0.2, -0.15) is 0 Å². The van der Waals surface area contributed by atoms with Gasteiger partial charge in [0.05, 0.1) is 17.5 Å². The first kappa shape index (κ1) is 13.8. The first-order chi connectivity index (χ1) is 9.60. The maximum atomic E-state index is 10.7. The lowest BCUT2D eigenvalue weighted by Crippen LogP contribution is -2.66. The minimum atomic E-state index is -0.468. The lowest BCUT2D eigenvalue weighted by atomic mass is 9.76. The molecule has 0 spiro atoms. The second kappa shape index (κ2) is 5.34. The summed E-state index contributed by atoms with van der Waals surface area (Å²) in [6.45, 7) is 5.80. The van der Waals surface area contributed by atoms with Gasteiger partial charge in [-0.05, 0) is 38.4 Å². The highest BCUT2D eigenvalue weighted by atomic mass is 16.3. The van der Waals surface area contributed by atoms with E-state index in [1.54, 1.807) is 0 Å². The van der Waals surface area contributed by atoms with Gasteiger partial charge in [-0.25, -0.2) is 0 Å². The van der Waals surface area contributed by atoms with Gasteiger partial charge in [0, 0.05) is 37.8 Å². The van der Waals surface area contributed by atoms with Crippen molar-refractivity contribution in [1.82, 2.24) is 9.88 Å². The third-order valence-corrected chi connectivity index (χ3v) is 4.81. The van der Waals surface area contributed by atoms with Crippen LogP contribution in [0.15, 0.2) is 18.3 Å². The molecule has 2 aliphatic heterocycles. The van der Waals surface area contributed by atoms with E-state index in [1.165, 1.54) is 5.69 Å². The van der Waals surface area contributed by atoms with Gasteiger partial charge in [0.15, 0.2) is 0 Å². The van der Waals surface area contributed by atoms with Crippen molar-refractivity contribution in [1.29, 1.82) is 0 Å². The minimum Gasteiger partial charge on any atom is -0.387 e. The predicted molar refractivity (Wildman–Crippen MR) is 81.0 cm³/mol. The third-order valence-electron chi connectivity index (χ3n) is 4.81. The number of aliphatic hydroxyl groups is 1. The highest BCUT2D eigenvalue weighted by molar-refractivity contribution is 5.45. The highest BCUT2D eigenvalue weighted by Gasteiger charge is 2.46. The minimum absolute atomic E-state index is 0.387. The van der Waals surface area contributed by atoms with Crippen LogP contribution in [0.3, 0.4) is 0 Å². The van der Waals surface area contributed by atoms with Gasteiger partial charge < -0.3 is 14.9 Å². The van der Waals surface area contributed by atoms with E-state index in [0.29, 0.717) is 5.92 Å². The SMILES string of the molecule is CCc1ccc(N2CCCC(C3(O)CN(C)C3)C2)cn1. The molecule has 4 heteroatoms. The Labute approximate surface area is 121 Å². The normalized spacial score (nSPS) is 26.4. The number of pyridine rings is 1. The first-order valence-electron chi connectivity index (χ1n) is 7.71. The third kappa shape index (κ3) is 2.54. The van der Waals surface area contributed by atoms with Crippen molar-refractivity contribution in [2.75, 3.05) is 38.1 Å². The van der Waals surface area contributed by atoms with E-state index < -0.39 is 5.60 Å². The molecule has 2 aliphatic rings. The van der Waals surface area contributed by atoms with E-state index in [1.807, 2.05) is 6.20 Å². The second-order valence-corrected chi connectivity index (χ2v) is 6.42. The van der Waals surface area contributed by atoms with Crippen molar-refractivity contribution in [3.05, 3.63) is 24.0 Å². The predicted octanol–water partition coefficient (Wildman–Crippen LogP) is 1.54. The molecule has 1 aromatic heterocycles. The molecule has 0 amide bonds. The Morgan fingerprint density at radius 2 is 2.20 bits per heavy atom. The van der Waals surface area contributed by atoms with Crippen LogP contribution >= 0.6 is 0 Å². The monoisotopic (exact) mass is 275 g/mol. The average molecular weight is 275 g/mol. The number of likely N-dealkylation sites (tertiary alicyclic amines) is 1.